The monoisotopic (exact) mass is 326 g/mol. The molecule has 0 bridgehead atoms. The lowest BCUT2D eigenvalue weighted by atomic mass is 10.1. The van der Waals surface area contributed by atoms with Gasteiger partial charge in [-0.2, -0.15) is 0 Å². The van der Waals surface area contributed by atoms with Gasteiger partial charge in [-0.25, -0.2) is 21.9 Å². The van der Waals surface area contributed by atoms with Crippen molar-refractivity contribution in [2.24, 2.45) is 0 Å². The van der Waals surface area contributed by atoms with Crippen molar-refractivity contribution in [2.75, 3.05) is 13.1 Å². The summed E-state index contributed by atoms with van der Waals surface area (Å²) < 4.78 is 50.2. The van der Waals surface area contributed by atoms with Crippen molar-refractivity contribution in [1.29, 1.82) is 0 Å². The lowest BCUT2D eigenvalue weighted by Crippen LogP contribution is -2.29. The van der Waals surface area contributed by atoms with E-state index in [-0.39, 0.29) is 9.92 Å². The largest absolute Gasteiger partial charge is 0.313 e. The third kappa shape index (κ3) is 4.66. The van der Waals surface area contributed by atoms with E-state index in [0.29, 0.717) is 12.1 Å². The molecule has 0 aromatic heterocycles. The number of hydrogen-bond donors (Lipinski definition) is 2. The Balaban J connectivity index is 3.13. The van der Waals surface area contributed by atoms with Crippen LogP contribution in [0.2, 0.25) is 5.02 Å². The number of benzene rings is 1. The molecule has 2 N–H and O–H groups in total. The minimum absolute atomic E-state index is 0.0708. The minimum Gasteiger partial charge on any atom is -0.313 e. The zero-order valence-corrected chi connectivity index (χ0v) is 12.8. The van der Waals surface area contributed by atoms with E-state index in [1.165, 1.54) is 6.07 Å². The zero-order valence-electron chi connectivity index (χ0n) is 11.2. The van der Waals surface area contributed by atoms with Crippen LogP contribution in [-0.2, 0) is 16.6 Å². The first-order chi connectivity index (χ1) is 9.27. The molecule has 8 heteroatoms. The molecule has 0 saturated heterocycles. The van der Waals surface area contributed by atoms with E-state index in [9.17, 15) is 17.2 Å². The second kappa shape index (κ2) is 7.31. The maximum atomic E-state index is 12.1. The molecule has 0 saturated carbocycles. The Morgan fingerprint density at radius 1 is 1.35 bits per heavy atom. The molecule has 20 heavy (non-hydrogen) atoms. The van der Waals surface area contributed by atoms with Crippen LogP contribution in [0.25, 0.3) is 0 Å². The highest BCUT2D eigenvalue weighted by molar-refractivity contribution is 7.89. The van der Waals surface area contributed by atoms with Gasteiger partial charge in [0.1, 0.15) is 0 Å². The number of nitrogens with one attached hydrogen (secondary N) is 2. The summed E-state index contributed by atoms with van der Waals surface area (Å²) in [7, 11) is -4.00. The van der Waals surface area contributed by atoms with Crippen LogP contribution in [0.5, 0.6) is 0 Å². The highest BCUT2D eigenvalue weighted by Gasteiger charge is 2.20. The number of hydrogen-bond acceptors (Lipinski definition) is 3. The predicted molar refractivity (Wildman–Crippen MR) is 74.8 cm³/mol. The summed E-state index contributed by atoms with van der Waals surface area (Å²) in [4.78, 5) is -0.0708. The van der Waals surface area contributed by atoms with Gasteiger partial charge in [-0.15, -0.1) is 0 Å². The highest BCUT2D eigenvalue weighted by Crippen LogP contribution is 2.24. The van der Waals surface area contributed by atoms with E-state index < -0.39 is 23.0 Å². The molecule has 0 unspecified atom stereocenters. The van der Waals surface area contributed by atoms with Crippen LogP contribution in [-0.4, -0.2) is 27.9 Å². The van der Waals surface area contributed by atoms with Gasteiger partial charge in [-0.05, 0) is 36.7 Å². The molecule has 0 heterocycles. The Morgan fingerprint density at radius 2 is 2.00 bits per heavy atom. The summed E-state index contributed by atoms with van der Waals surface area (Å²) in [6, 6.07) is 2.92. The number of alkyl halides is 2. The molecular weight excluding hydrogens is 310 g/mol. The molecule has 1 aromatic rings. The van der Waals surface area contributed by atoms with Crippen LogP contribution in [0.15, 0.2) is 17.0 Å². The molecule has 0 spiro atoms. The van der Waals surface area contributed by atoms with E-state index in [1.54, 1.807) is 13.0 Å². The fourth-order valence-electron chi connectivity index (χ4n) is 1.68. The average molecular weight is 327 g/mol. The molecule has 0 aliphatic heterocycles. The van der Waals surface area contributed by atoms with E-state index in [4.69, 9.17) is 11.6 Å². The van der Waals surface area contributed by atoms with Crippen molar-refractivity contribution in [3.63, 3.8) is 0 Å². The van der Waals surface area contributed by atoms with E-state index in [0.717, 1.165) is 12.1 Å². The summed E-state index contributed by atoms with van der Waals surface area (Å²) in [5.74, 6) is 0. The predicted octanol–water partition coefficient (Wildman–Crippen LogP) is 2.30. The van der Waals surface area contributed by atoms with E-state index in [1.807, 2.05) is 11.6 Å². The minimum atomic E-state index is -4.00. The molecule has 114 valence electrons. The Morgan fingerprint density at radius 3 is 2.55 bits per heavy atom. The van der Waals surface area contributed by atoms with Crippen molar-refractivity contribution >= 4 is 21.6 Å². The Bertz CT molecular complexity index is 565. The smallest absolute Gasteiger partial charge is 0.251 e. The molecule has 0 aliphatic carbocycles. The second-order valence-corrected chi connectivity index (χ2v) is 6.38. The van der Waals surface area contributed by atoms with E-state index >= 15 is 0 Å². The van der Waals surface area contributed by atoms with Crippen LogP contribution in [0.4, 0.5) is 8.78 Å². The van der Waals surface area contributed by atoms with Crippen LogP contribution in [0.1, 0.15) is 18.1 Å². The summed E-state index contributed by atoms with van der Waals surface area (Å²) >= 11 is 5.90. The van der Waals surface area contributed by atoms with Crippen molar-refractivity contribution in [1.82, 2.24) is 10.0 Å². The fourth-order valence-corrected chi connectivity index (χ4v) is 3.30. The number of sulfonamides is 1. The normalized spacial score (nSPS) is 12.1. The quantitative estimate of drug-likeness (QED) is 0.808. The second-order valence-electron chi connectivity index (χ2n) is 4.21. The summed E-state index contributed by atoms with van der Waals surface area (Å²) in [5, 5.41) is 3.32. The molecule has 4 nitrogen and oxygen atoms in total. The topological polar surface area (TPSA) is 58.2 Å². The average Bonchev–Trinajstić information content (AvgIpc) is 2.37. The van der Waals surface area contributed by atoms with Crippen molar-refractivity contribution in [3.05, 3.63) is 28.3 Å². The molecule has 0 radical (unpaired) electrons. The summed E-state index contributed by atoms with van der Waals surface area (Å²) in [6.07, 6.45) is -2.74. The van der Waals surface area contributed by atoms with Gasteiger partial charge in [0.05, 0.1) is 11.4 Å². The van der Waals surface area contributed by atoms with Crippen LogP contribution in [0.3, 0.4) is 0 Å². The van der Waals surface area contributed by atoms with Crippen molar-refractivity contribution in [3.8, 4) is 0 Å². The first-order valence-corrected chi connectivity index (χ1v) is 7.91. The van der Waals surface area contributed by atoms with Gasteiger partial charge in [-0.3, -0.25) is 0 Å². The maximum Gasteiger partial charge on any atom is 0.251 e. The lowest BCUT2D eigenvalue weighted by Gasteiger charge is -2.14. The summed E-state index contributed by atoms with van der Waals surface area (Å²) in [6.45, 7) is 3.80. The Kier molecular flexibility index (Phi) is 6.32. The third-order valence-electron chi connectivity index (χ3n) is 2.71. The zero-order chi connectivity index (χ0) is 15.3. The number of halogens is 3. The van der Waals surface area contributed by atoms with Gasteiger partial charge in [0.15, 0.2) is 0 Å². The van der Waals surface area contributed by atoms with Gasteiger partial charge in [0.2, 0.25) is 10.0 Å². The van der Waals surface area contributed by atoms with Gasteiger partial charge in [0, 0.05) is 11.6 Å². The van der Waals surface area contributed by atoms with Gasteiger partial charge in [0.25, 0.3) is 6.43 Å². The molecular formula is C12H17ClF2N2O2S. The van der Waals surface area contributed by atoms with Crippen LogP contribution < -0.4 is 10.0 Å². The lowest BCUT2D eigenvalue weighted by molar-refractivity contribution is 0.153. The van der Waals surface area contributed by atoms with Crippen molar-refractivity contribution in [2.45, 2.75) is 31.7 Å². The first kappa shape index (κ1) is 17.3. The van der Waals surface area contributed by atoms with E-state index in [2.05, 4.69) is 5.32 Å². The Hall–Kier alpha value is -0.760. The van der Waals surface area contributed by atoms with Gasteiger partial charge >= 0.3 is 0 Å². The SMILES string of the molecule is CCNCc1cc(Cl)cc(S(=O)(=O)NCC(F)F)c1C. The molecule has 0 atom stereocenters. The van der Waals surface area contributed by atoms with Crippen LogP contribution in [0, 0.1) is 6.92 Å². The molecule has 0 aliphatic rings. The van der Waals surface area contributed by atoms with Gasteiger partial charge in [-0.1, -0.05) is 18.5 Å². The standard InChI is InChI=1S/C12H17ClF2N2O2S/c1-3-16-6-9-4-10(13)5-11(8(9)2)20(18,19)17-7-12(14)15/h4-5,12,16-17H,3,6-7H2,1-2H3. The number of rotatable bonds is 7. The molecule has 0 amide bonds. The third-order valence-corrected chi connectivity index (χ3v) is 4.48. The molecule has 1 aromatic carbocycles. The first-order valence-electron chi connectivity index (χ1n) is 6.05. The van der Waals surface area contributed by atoms with Crippen LogP contribution >= 0.6 is 11.6 Å². The fraction of sp³-hybridized carbons (Fsp3) is 0.500. The molecule has 0 fully saturated rings. The highest BCUT2D eigenvalue weighted by atomic mass is 35.5. The summed E-state index contributed by atoms with van der Waals surface area (Å²) in [5.41, 5.74) is 1.22. The van der Waals surface area contributed by atoms with Gasteiger partial charge < -0.3 is 5.32 Å². The van der Waals surface area contributed by atoms with Crippen molar-refractivity contribution < 1.29 is 17.2 Å². The molecule has 1 rings (SSSR count). The maximum absolute atomic E-state index is 12.1. The Labute approximate surface area is 122 Å².